The number of aromatic nitrogens is 1. The van der Waals surface area contributed by atoms with Crippen LogP contribution in [0.3, 0.4) is 0 Å². The third kappa shape index (κ3) is 4.32. The average molecular weight is 222 g/mol. The highest BCUT2D eigenvalue weighted by atomic mass is 32.2. The summed E-state index contributed by atoms with van der Waals surface area (Å²) in [5.41, 5.74) is 1.57. The van der Waals surface area contributed by atoms with E-state index >= 15 is 0 Å². The fraction of sp³-hybridized carbons (Fsp3) is 0.455. The summed E-state index contributed by atoms with van der Waals surface area (Å²) < 4.78 is 0. The molecule has 1 atom stereocenters. The number of aliphatic hydroxyl groups excluding tert-OH is 1. The fourth-order valence-electron chi connectivity index (χ4n) is 1.06. The number of nitrogens with zero attached hydrogens (tertiary/aromatic N) is 2. The van der Waals surface area contributed by atoms with Crippen LogP contribution in [0.5, 0.6) is 0 Å². The van der Waals surface area contributed by atoms with E-state index in [1.807, 2.05) is 19.1 Å². The lowest BCUT2D eigenvalue weighted by Gasteiger charge is -2.06. The van der Waals surface area contributed by atoms with Crippen molar-refractivity contribution in [3.8, 4) is 6.07 Å². The molecule has 1 aromatic heterocycles. The molecule has 0 aliphatic rings. The van der Waals surface area contributed by atoms with E-state index in [1.165, 1.54) is 0 Å². The SMILES string of the molecule is CC(CO)CSCc1ccnc(C#N)c1. The van der Waals surface area contributed by atoms with Gasteiger partial charge in [-0.15, -0.1) is 0 Å². The van der Waals surface area contributed by atoms with E-state index in [0.717, 1.165) is 17.1 Å². The van der Waals surface area contributed by atoms with Crippen molar-refractivity contribution >= 4 is 11.8 Å². The Hall–Kier alpha value is -1.05. The zero-order valence-corrected chi connectivity index (χ0v) is 9.50. The predicted octanol–water partition coefficient (Wildman–Crippen LogP) is 1.81. The highest BCUT2D eigenvalue weighted by Crippen LogP contribution is 2.15. The second-order valence-corrected chi connectivity index (χ2v) is 4.49. The van der Waals surface area contributed by atoms with Gasteiger partial charge in [0, 0.05) is 18.6 Å². The smallest absolute Gasteiger partial charge is 0.140 e. The molecule has 80 valence electrons. The average Bonchev–Trinajstić information content (AvgIpc) is 2.29. The molecular formula is C11H14N2OS. The fourth-order valence-corrected chi connectivity index (χ4v) is 2.10. The lowest BCUT2D eigenvalue weighted by molar-refractivity contribution is 0.250. The van der Waals surface area contributed by atoms with Gasteiger partial charge >= 0.3 is 0 Å². The van der Waals surface area contributed by atoms with Crippen molar-refractivity contribution < 1.29 is 5.11 Å². The molecule has 0 aliphatic heterocycles. The van der Waals surface area contributed by atoms with Gasteiger partial charge in [-0.25, -0.2) is 4.98 Å². The van der Waals surface area contributed by atoms with Crippen LogP contribution >= 0.6 is 11.8 Å². The summed E-state index contributed by atoms with van der Waals surface area (Å²) >= 11 is 1.76. The zero-order valence-electron chi connectivity index (χ0n) is 8.68. The summed E-state index contributed by atoms with van der Waals surface area (Å²) in [5.74, 6) is 2.12. The first-order chi connectivity index (χ1) is 7.26. The molecule has 0 saturated carbocycles. The van der Waals surface area contributed by atoms with E-state index in [2.05, 4.69) is 4.98 Å². The second-order valence-electron chi connectivity index (χ2n) is 3.46. The van der Waals surface area contributed by atoms with Crippen molar-refractivity contribution in [3.05, 3.63) is 29.6 Å². The number of nitriles is 1. The molecule has 1 rings (SSSR count). The topological polar surface area (TPSA) is 56.9 Å². The first kappa shape index (κ1) is 12.0. The lowest BCUT2D eigenvalue weighted by atomic mass is 10.2. The summed E-state index contributed by atoms with van der Waals surface area (Å²) in [6.07, 6.45) is 1.66. The molecule has 0 bridgehead atoms. The summed E-state index contributed by atoms with van der Waals surface area (Å²) in [4.78, 5) is 3.91. The standard InChI is InChI=1S/C11H14N2OS/c1-9(6-14)7-15-8-10-2-3-13-11(4-10)5-12/h2-4,9,14H,6-8H2,1H3. The Kier molecular flexibility index (Phi) is 5.16. The summed E-state index contributed by atoms with van der Waals surface area (Å²) in [5, 5.41) is 17.5. The zero-order chi connectivity index (χ0) is 11.1. The maximum absolute atomic E-state index is 8.85. The molecule has 1 unspecified atom stereocenters. The molecule has 0 radical (unpaired) electrons. The monoisotopic (exact) mass is 222 g/mol. The Labute approximate surface area is 94.2 Å². The molecule has 4 heteroatoms. The second kappa shape index (κ2) is 6.44. The molecule has 0 fully saturated rings. The van der Waals surface area contributed by atoms with E-state index < -0.39 is 0 Å². The van der Waals surface area contributed by atoms with Crippen LogP contribution in [-0.2, 0) is 5.75 Å². The number of aliphatic hydroxyl groups is 1. The van der Waals surface area contributed by atoms with Crippen molar-refractivity contribution in [1.82, 2.24) is 4.98 Å². The predicted molar refractivity (Wildman–Crippen MR) is 61.4 cm³/mol. The first-order valence-corrected chi connectivity index (χ1v) is 5.95. The van der Waals surface area contributed by atoms with Crippen molar-refractivity contribution in [2.45, 2.75) is 12.7 Å². The molecule has 0 saturated heterocycles. The van der Waals surface area contributed by atoms with Crippen LogP contribution in [0.15, 0.2) is 18.3 Å². The molecule has 3 nitrogen and oxygen atoms in total. The Bertz CT molecular complexity index is 349. The first-order valence-electron chi connectivity index (χ1n) is 4.80. The van der Waals surface area contributed by atoms with E-state index in [1.54, 1.807) is 24.0 Å². The largest absolute Gasteiger partial charge is 0.396 e. The normalized spacial score (nSPS) is 12.1. The van der Waals surface area contributed by atoms with Crippen LogP contribution in [0, 0.1) is 17.2 Å². The summed E-state index contributed by atoms with van der Waals surface area (Å²) in [6, 6.07) is 5.73. The van der Waals surface area contributed by atoms with E-state index in [9.17, 15) is 0 Å². The van der Waals surface area contributed by atoms with Gasteiger partial charge in [-0.3, -0.25) is 0 Å². The van der Waals surface area contributed by atoms with Crippen LogP contribution < -0.4 is 0 Å². The van der Waals surface area contributed by atoms with Crippen LogP contribution in [-0.4, -0.2) is 22.5 Å². The molecule has 15 heavy (non-hydrogen) atoms. The van der Waals surface area contributed by atoms with E-state index in [0.29, 0.717) is 11.6 Å². The molecule has 0 amide bonds. The van der Waals surface area contributed by atoms with Crippen molar-refractivity contribution in [1.29, 1.82) is 5.26 Å². The minimum absolute atomic E-state index is 0.229. The number of pyridine rings is 1. The maximum atomic E-state index is 8.85. The third-order valence-electron chi connectivity index (χ3n) is 1.92. The van der Waals surface area contributed by atoms with Gasteiger partial charge in [0.15, 0.2) is 0 Å². The maximum Gasteiger partial charge on any atom is 0.140 e. The Morgan fingerprint density at radius 1 is 1.67 bits per heavy atom. The van der Waals surface area contributed by atoms with Gasteiger partial charge in [0.1, 0.15) is 11.8 Å². The molecule has 1 N–H and O–H groups in total. The third-order valence-corrected chi connectivity index (χ3v) is 3.26. The van der Waals surface area contributed by atoms with Crippen LogP contribution in [0.25, 0.3) is 0 Å². The van der Waals surface area contributed by atoms with Gasteiger partial charge in [0.25, 0.3) is 0 Å². The highest BCUT2D eigenvalue weighted by molar-refractivity contribution is 7.98. The molecular weight excluding hydrogens is 208 g/mol. The Balaban J connectivity index is 2.41. The van der Waals surface area contributed by atoms with Crippen LogP contribution in [0.2, 0.25) is 0 Å². The van der Waals surface area contributed by atoms with Crippen molar-refractivity contribution in [3.63, 3.8) is 0 Å². The number of rotatable bonds is 5. The van der Waals surface area contributed by atoms with Gasteiger partial charge < -0.3 is 5.11 Å². The molecule has 0 aromatic carbocycles. The number of hydrogen-bond donors (Lipinski definition) is 1. The Morgan fingerprint density at radius 2 is 2.47 bits per heavy atom. The Morgan fingerprint density at radius 3 is 3.13 bits per heavy atom. The molecule has 0 aliphatic carbocycles. The number of thioether (sulfide) groups is 1. The minimum atomic E-state index is 0.229. The highest BCUT2D eigenvalue weighted by Gasteiger charge is 2.01. The summed E-state index contributed by atoms with van der Waals surface area (Å²) in [6.45, 7) is 2.24. The minimum Gasteiger partial charge on any atom is -0.396 e. The number of hydrogen-bond acceptors (Lipinski definition) is 4. The molecule has 1 aromatic rings. The summed E-state index contributed by atoms with van der Waals surface area (Å²) in [7, 11) is 0. The van der Waals surface area contributed by atoms with E-state index in [-0.39, 0.29) is 6.61 Å². The van der Waals surface area contributed by atoms with Crippen LogP contribution in [0.1, 0.15) is 18.2 Å². The van der Waals surface area contributed by atoms with Crippen LogP contribution in [0.4, 0.5) is 0 Å². The quantitative estimate of drug-likeness (QED) is 0.825. The van der Waals surface area contributed by atoms with Gasteiger partial charge in [-0.05, 0) is 29.4 Å². The lowest BCUT2D eigenvalue weighted by Crippen LogP contribution is -2.03. The molecule has 0 spiro atoms. The van der Waals surface area contributed by atoms with Gasteiger partial charge in [-0.2, -0.15) is 17.0 Å². The van der Waals surface area contributed by atoms with Gasteiger partial charge in [-0.1, -0.05) is 6.92 Å². The van der Waals surface area contributed by atoms with Crippen molar-refractivity contribution in [2.24, 2.45) is 5.92 Å². The van der Waals surface area contributed by atoms with Crippen molar-refractivity contribution in [2.75, 3.05) is 12.4 Å². The van der Waals surface area contributed by atoms with Gasteiger partial charge in [0.2, 0.25) is 0 Å². The molecule has 1 heterocycles. The van der Waals surface area contributed by atoms with Gasteiger partial charge in [0.05, 0.1) is 0 Å². The van der Waals surface area contributed by atoms with E-state index in [4.69, 9.17) is 10.4 Å².